The Labute approximate surface area is 120 Å². The first-order chi connectivity index (χ1) is 9.79. The van der Waals surface area contributed by atoms with Gasteiger partial charge in [0.2, 0.25) is 0 Å². The van der Waals surface area contributed by atoms with Gasteiger partial charge in [-0.2, -0.15) is 5.10 Å². The molecule has 1 saturated heterocycles. The zero-order valence-corrected chi connectivity index (χ0v) is 12.0. The van der Waals surface area contributed by atoms with Crippen LogP contribution in [0.15, 0.2) is 30.5 Å². The van der Waals surface area contributed by atoms with Crippen LogP contribution in [0.25, 0.3) is 0 Å². The van der Waals surface area contributed by atoms with Gasteiger partial charge in [-0.25, -0.2) is 0 Å². The van der Waals surface area contributed by atoms with Crippen molar-refractivity contribution in [3.05, 3.63) is 47.5 Å². The van der Waals surface area contributed by atoms with Crippen LogP contribution < -0.4 is 0 Å². The molecular formula is C16H22N4. The molecule has 3 rings (SSSR count). The minimum absolute atomic E-state index is 0.731. The molecule has 1 fully saturated rings. The predicted molar refractivity (Wildman–Crippen MR) is 79.3 cm³/mol. The van der Waals surface area contributed by atoms with Crippen molar-refractivity contribution < 1.29 is 0 Å². The molecule has 2 aromatic heterocycles. The number of nitrogens with zero attached hydrogens (tertiary/aromatic N) is 3. The van der Waals surface area contributed by atoms with Crippen molar-refractivity contribution in [3.63, 3.8) is 0 Å². The molecule has 0 unspecified atom stereocenters. The highest BCUT2D eigenvalue weighted by atomic mass is 15.1. The number of rotatable bonds is 4. The third-order valence-electron chi connectivity index (χ3n) is 4.00. The van der Waals surface area contributed by atoms with Gasteiger partial charge in [-0.15, -0.1) is 0 Å². The molecule has 2 aromatic rings. The average Bonchev–Trinajstić information content (AvgIpc) is 2.92. The lowest BCUT2D eigenvalue weighted by atomic mass is 9.93. The highest BCUT2D eigenvalue weighted by Crippen LogP contribution is 2.21. The Balaban J connectivity index is 1.57. The van der Waals surface area contributed by atoms with Crippen LogP contribution >= 0.6 is 0 Å². The number of aromatic nitrogens is 3. The number of piperidine rings is 1. The molecule has 3 heterocycles. The zero-order valence-electron chi connectivity index (χ0n) is 12.0. The number of H-pyrrole nitrogens is 1. The lowest BCUT2D eigenvalue weighted by Gasteiger charge is -2.32. The highest BCUT2D eigenvalue weighted by Gasteiger charge is 2.20. The molecule has 1 aliphatic rings. The fourth-order valence-corrected chi connectivity index (χ4v) is 3.09. The second-order valence-corrected chi connectivity index (χ2v) is 5.80. The Morgan fingerprint density at radius 2 is 2.30 bits per heavy atom. The van der Waals surface area contributed by atoms with Crippen LogP contribution in [0.5, 0.6) is 0 Å². The van der Waals surface area contributed by atoms with Gasteiger partial charge >= 0.3 is 0 Å². The lowest BCUT2D eigenvalue weighted by molar-refractivity contribution is 0.164. The largest absolute Gasteiger partial charge is 0.297 e. The van der Waals surface area contributed by atoms with Gasteiger partial charge in [0.05, 0.1) is 5.69 Å². The fraction of sp³-hybridized carbons (Fsp3) is 0.500. The SMILES string of the molecule is Cc1cccc(CN2CCC[C@@H](Cc3ccn[nH]3)C2)n1. The molecule has 0 saturated carbocycles. The Bertz CT molecular complexity index is 535. The van der Waals surface area contributed by atoms with Crippen molar-refractivity contribution in [1.82, 2.24) is 20.1 Å². The first-order valence-corrected chi connectivity index (χ1v) is 7.43. The molecule has 0 aromatic carbocycles. The lowest BCUT2D eigenvalue weighted by Crippen LogP contribution is -2.36. The monoisotopic (exact) mass is 270 g/mol. The molecule has 0 amide bonds. The summed E-state index contributed by atoms with van der Waals surface area (Å²) in [6.07, 6.45) is 5.55. The number of likely N-dealkylation sites (tertiary alicyclic amines) is 1. The summed E-state index contributed by atoms with van der Waals surface area (Å²) < 4.78 is 0. The highest BCUT2D eigenvalue weighted by molar-refractivity contribution is 5.10. The zero-order chi connectivity index (χ0) is 13.8. The first kappa shape index (κ1) is 13.3. The van der Waals surface area contributed by atoms with Crippen LogP contribution in [0.4, 0.5) is 0 Å². The van der Waals surface area contributed by atoms with Crippen LogP contribution in [0, 0.1) is 12.8 Å². The van der Waals surface area contributed by atoms with Crippen LogP contribution in [0.3, 0.4) is 0 Å². The Hall–Kier alpha value is -1.68. The first-order valence-electron chi connectivity index (χ1n) is 7.43. The minimum Gasteiger partial charge on any atom is -0.297 e. The van der Waals surface area contributed by atoms with Gasteiger partial charge in [0.1, 0.15) is 0 Å². The predicted octanol–water partition coefficient (Wildman–Crippen LogP) is 2.57. The van der Waals surface area contributed by atoms with Gasteiger partial charge in [-0.05, 0) is 56.8 Å². The number of aryl methyl sites for hydroxylation is 1. The van der Waals surface area contributed by atoms with Crippen molar-refractivity contribution >= 4 is 0 Å². The van der Waals surface area contributed by atoms with Gasteiger partial charge < -0.3 is 0 Å². The average molecular weight is 270 g/mol. The Kier molecular flexibility index (Phi) is 4.11. The topological polar surface area (TPSA) is 44.8 Å². The molecule has 1 atom stereocenters. The third-order valence-corrected chi connectivity index (χ3v) is 4.00. The van der Waals surface area contributed by atoms with Crippen LogP contribution in [0.2, 0.25) is 0 Å². The summed E-state index contributed by atoms with van der Waals surface area (Å²) in [5.41, 5.74) is 3.55. The van der Waals surface area contributed by atoms with E-state index in [-0.39, 0.29) is 0 Å². The van der Waals surface area contributed by atoms with E-state index in [1.165, 1.54) is 30.8 Å². The van der Waals surface area contributed by atoms with Gasteiger partial charge in [0.15, 0.2) is 0 Å². The summed E-state index contributed by atoms with van der Waals surface area (Å²) in [6.45, 7) is 5.38. The fourth-order valence-electron chi connectivity index (χ4n) is 3.09. The summed E-state index contributed by atoms with van der Waals surface area (Å²) in [6, 6.07) is 8.37. The normalized spacial score (nSPS) is 20.1. The van der Waals surface area contributed by atoms with Crippen LogP contribution in [-0.4, -0.2) is 33.2 Å². The maximum absolute atomic E-state index is 4.61. The molecule has 20 heavy (non-hydrogen) atoms. The van der Waals surface area contributed by atoms with Crippen molar-refractivity contribution in [1.29, 1.82) is 0 Å². The second kappa shape index (κ2) is 6.18. The summed E-state index contributed by atoms with van der Waals surface area (Å²) in [4.78, 5) is 7.14. The summed E-state index contributed by atoms with van der Waals surface area (Å²) in [5.74, 6) is 0.731. The molecule has 4 nitrogen and oxygen atoms in total. The number of nitrogens with one attached hydrogen (secondary N) is 1. The molecule has 0 aliphatic carbocycles. The third kappa shape index (κ3) is 3.45. The van der Waals surface area contributed by atoms with Gasteiger partial charge in [0, 0.05) is 30.7 Å². The summed E-state index contributed by atoms with van der Waals surface area (Å²) >= 11 is 0. The van der Waals surface area contributed by atoms with Gasteiger partial charge in [-0.1, -0.05) is 6.07 Å². The van der Waals surface area contributed by atoms with Crippen molar-refractivity contribution in [2.24, 2.45) is 5.92 Å². The molecule has 0 spiro atoms. The van der Waals surface area contributed by atoms with E-state index in [9.17, 15) is 0 Å². The minimum atomic E-state index is 0.731. The van der Waals surface area contributed by atoms with E-state index in [1.54, 1.807) is 0 Å². The Morgan fingerprint density at radius 1 is 1.35 bits per heavy atom. The quantitative estimate of drug-likeness (QED) is 0.928. The number of pyridine rings is 1. The van der Waals surface area contributed by atoms with Crippen molar-refractivity contribution in [2.45, 2.75) is 32.7 Å². The molecule has 0 bridgehead atoms. The number of hydrogen-bond donors (Lipinski definition) is 1. The maximum Gasteiger partial charge on any atom is 0.0547 e. The van der Waals surface area contributed by atoms with E-state index < -0.39 is 0 Å². The van der Waals surface area contributed by atoms with Crippen LogP contribution in [0.1, 0.15) is 29.9 Å². The maximum atomic E-state index is 4.61. The number of aromatic amines is 1. The van der Waals surface area contributed by atoms with Gasteiger partial charge in [0.25, 0.3) is 0 Å². The van der Waals surface area contributed by atoms with E-state index in [1.807, 2.05) is 6.20 Å². The second-order valence-electron chi connectivity index (χ2n) is 5.80. The van der Waals surface area contributed by atoms with Gasteiger partial charge in [-0.3, -0.25) is 15.0 Å². The molecule has 106 valence electrons. The van der Waals surface area contributed by atoms with E-state index >= 15 is 0 Å². The van der Waals surface area contributed by atoms with E-state index in [2.05, 4.69) is 51.3 Å². The van der Waals surface area contributed by atoms with Crippen LogP contribution in [-0.2, 0) is 13.0 Å². The van der Waals surface area contributed by atoms with Crippen molar-refractivity contribution in [3.8, 4) is 0 Å². The molecule has 1 aliphatic heterocycles. The molecular weight excluding hydrogens is 248 g/mol. The van der Waals surface area contributed by atoms with E-state index in [4.69, 9.17) is 0 Å². The van der Waals surface area contributed by atoms with Crippen molar-refractivity contribution in [2.75, 3.05) is 13.1 Å². The smallest absolute Gasteiger partial charge is 0.0547 e. The molecule has 1 N–H and O–H groups in total. The van der Waals surface area contributed by atoms with E-state index in [0.29, 0.717) is 0 Å². The van der Waals surface area contributed by atoms with E-state index in [0.717, 1.165) is 31.1 Å². The standard InChI is InChI=1S/C16H22N4/c1-13-4-2-6-16(18-13)12-20-9-3-5-14(11-20)10-15-7-8-17-19-15/h2,4,6-8,14H,3,5,9-12H2,1H3,(H,17,19)/t14-/m0/s1. The molecule has 4 heteroatoms. The molecule has 0 radical (unpaired) electrons. The number of hydrogen-bond acceptors (Lipinski definition) is 3. The summed E-state index contributed by atoms with van der Waals surface area (Å²) in [7, 11) is 0. The summed E-state index contributed by atoms with van der Waals surface area (Å²) in [5, 5.41) is 7.11. The Morgan fingerprint density at radius 3 is 3.10 bits per heavy atom.